The van der Waals surface area contributed by atoms with Gasteiger partial charge in [0, 0.05) is 17.4 Å². The van der Waals surface area contributed by atoms with Crippen LogP contribution in [0.5, 0.6) is 0 Å². The molecule has 20 heavy (non-hydrogen) atoms. The van der Waals surface area contributed by atoms with Crippen LogP contribution in [0.1, 0.15) is 18.4 Å². The third-order valence-electron chi connectivity index (χ3n) is 3.77. The molecule has 0 amide bonds. The fourth-order valence-electron chi connectivity index (χ4n) is 2.83. The van der Waals surface area contributed by atoms with Crippen molar-refractivity contribution in [1.82, 2.24) is 4.90 Å². The van der Waals surface area contributed by atoms with Gasteiger partial charge < -0.3 is 0 Å². The van der Waals surface area contributed by atoms with Gasteiger partial charge in [-0.2, -0.15) is 0 Å². The third kappa shape index (κ3) is 3.01. The standard InChI is InChI=1S/C16H16BrF2N/c17-15-4-1-3-13-9-12(5-6-14(13)15)10-20-8-2-7-16(18,19)11-20/h1,3-6,9H,2,7-8,10-11H2. The molecule has 1 aliphatic heterocycles. The first-order valence-electron chi connectivity index (χ1n) is 6.81. The number of piperidine rings is 1. The van der Waals surface area contributed by atoms with Gasteiger partial charge in [0.05, 0.1) is 6.54 Å². The second-order valence-corrected chi connectivity index (χ2v) is 6.32. The predicted octanol–water partition coefficient (Wildman–Crippen LogP) is 4.83. The Morgan fingerprint density at radius 2 is 2.05 bits per heavy atom. The van der Waals surface area contributed by atoms with E-state index in [4.69, 9.17) is 0 Å². The molecule has 0 unspecified atom stereocenters. The number of halogens is 3. The molecule has 0 saturated carbocycles. The second-order valence-electron chi connectivity index (χ2n) is 5.47. The molecule has 0 N–H and O–H groups in total. The summed E-state index contributed by atoms with van der Waals surface area (Å²) in [6.45, 7) is 1.23. The maximum absolute atomic E-state index is 13.4. The number of hydrogen-bond acceptors (Lipinski definition) is 1. The molecule has 1 heterocycles. The van der Waals surface area contributed by atoms with Gasteiger partial charge in [-0.1, -0.05) is 40.2 Å². The number of hydrogen-bond donors (Lipinski definition) is 0. The lowest BCUT2D eigenvalue weighted by Crippen LogP contribution is -2.41. The highest BCUT2D eigenvalue weighted by atomic mass is 79.9. The Labute approximate surface area is 125 Å². The van der Waals surface area contributed by atoms with Crippen LogP contribution in [0.25, 0.3) is 10.8 Å². The minimum absolute atomic E-state index is 0.0220. The van der Waals surface area contributed by atoms with Crippen molar-refractivity contribution in [2.45, 2.75) is 25.3 Å². The third-order valence-corrected chi connectivity index (χ3v) is 4.46. The predicted molar refractivity (Wildman–Crippen MR) is 81.1 cm³/mol. The maximum atomic E-state index is 13.4. The Kier molecular flexibility index (Phi) is 3.78. The summed E-state index contributed by atoms with van der Waals surface area (Å²) < 4.78 is 27.9. The van der Waals surface area contributed by atoms with Crippen molar-refractivity contribution in [2.75, 3.05) is 13.1 Å². The molecule has 0 aromatic heterocycles. The Balaban J connectivity index is 1.81. The monoisotopic (exact) mass is 339 g/mol. The van der Waals surface area contributed by atoms with Gasteiger partial charge in [-0.25, -0.2) is 8.78 Å². The molecule has 0 atom stereocenters. The molecule has 3 rings (SSSR count). The Morgan fingerprint density at radius 1 is 1.20 bits per heavy atom. The molecule has 0 bridgehead atoms. The van der Waals surface area contributed by atoms with Crippen LogP contribution in [0.2, 0.25) is 0 Å². The van der Waals surface area contributed by atoms with Crippen LogP contribution >= 0.6 is 15.9 Å². The van der Waals surface area contributed by atoms with E-state index in [0.717, 1.165) is 27.4 Å². The highest BCUT2D eigenvalue weighted by Crippen LogP contribution is 2.29. The van der Waals surface area contributed by atoms with Crippen molar-refractivity contribution in [3.63, 3.8) is 0 Å². The van der Waals surface area contributed by atoms with Crippen molar-refractivity contribution in [3.8, 4) is 0 Å². The lowest BCUT2D eigenvalue weighted by atomic mass is 10.0. The van der Waals surface area contributed by atoms with Gasteiger partial charge in [0.1, 0.15) is 0 Å². The van der Waals surface area contributed by atoms with Gasteiger partial charge in [0.15, 0.2) is 0 Å². The van der Waals surface area contributed by atoms with E-state index in [1.54, 1.807) is 0 Å². The molecule has 1 fully saturated rings. The van der Waals surface area contributed by atoms with Crippen LogP contribution in [0.4, 0.5) is 8.78 Å². The summed E-state index contributed by atoms with van der Waals surface area (Å²) in [6, 6.07) is 12.2. The summed E-state index contributed by atoms with van der Waals surface area (Å²) in [5.74, 6) is -2.53. The Hall–Kier alpha value is -1.00. The number of likely N-dealkylation sites (tertiary alicyclic amines) is 1. The number of benzene rings is 2. The topological polar surface area (TPSA) is 3.24 Å². The first-order valence-corrected chi connectivity index (χ1v) is 7.60. The zero-order valence-corrected chi connectivity index (χ0v) is 12.7. The summed E-state index contributed by atoms with van der Waals surface area (Å²) in [4.78, 5) is 1.85. The minimum atomic E-state index is -2.53. The van der Waals surface area contributed by atoms with Crippen molar-refractivity contribution >= 4 is 26.7 Å². The van der Waals surface area contributed by atoms with Gasteiger partial charge in [-0.3, -0.25) is 4.90 Å². The molecule has 1 nitrogen and oxygen atoms in total. The second kappa shape index (κ2) is 5.41. The first kappa shape index (κ1) is 14.0. The first-order chi connectivity index (χ1) is 9.53. The molecule has 2 aromatic carbocycles. The minimum Gasteiger partial charge on any atom is -0.293 e. The summed E-state index contributed by atoms with van der Waals surface area (Å²) in [5.41, 5.74) is 1.09. The van der Waals surface area contributed by atoms with E-state index in [9.17, 15) is 8.78 Å². The molecule has 1 aliphatic rings. The normalized spacial score (nSPS) is 19.4. The van der Waals surface area contributed by atoms with Gasteiger partial charge in [0.25, 0.3) is 5.92 Å². The van der Waals surface area contributed by atoms with Crippen molar-refractivity contribution < 1.29 is 8.78 Å². The van der Waals surface area contributed by atoms with Crippen LogP contribution in [-0.2, 0) is 6.54 Å². The quantitative estimate of drug-likeness (QED) is 0.757. The highest BCUT2D eigenvalue weighted by molar-refractivity contribution is 9.10. The van der Waals surface area contributed by atoms with E-state index < -0.39 is 5.92 Å². The van der Waals surface area contributed by atoms with Crippen LogP contribution in [0, 0.1) is 0 Å². The average molecular weight is 340 g/mol. The number of nitrogens with zero attached hydrogens (tertiary/aromatic N) is 1. The lowest BCUT2D eigenvalue weighted by Gasteiger charge is -2.32. The summed E-state index contributed by atoms with van der Waals surface area (Å²) in [5, 5.41) is 2.29. The zero-order chi connectivity index (χ0) is 14.2. The van der Waals surface area contributed by atoms with E-state index in [1.165, 1.54) is 0 Å². The Morgan fingerprint density at radius 3 is 2.85 bits per heavy atom. The zero-order valence-electron chi connectivity index (χ0n) is 11.1. The summed E-state index contributed by atoms with van der Waals surface area (Å²) in [6.07, 6.45) is 0.598. The largest absolute Gasteiger partial charge is 0.293 e. The van der Waals surface area contributed by atoms with Gasteiger partial charge in [-0.15, -0.1) is 0 Å². The van der Waals surface area contributed by atoms with Crippen molar-refractivity contribution in [2.24, 2.45) is 0 Å². The molecule has 1 saturated heterocycles. The van der Waals surface area contributed by atoms with Crippen LogP contribution in [0.3, 0.4) is 0 Å². The molecule has 0 aliphatic carbocycles. The highest BCUT2D eigenvalue weighted by Gasteiger charge is 2.34. The number of fused-ring (bicyclic) bond motifs is 1. The van der Waals surface area contributed by atoms with Crippen LogP contribution in [-0.4, -0.2) is 23.9 Å². The van der Waals surface area contributed by atoms with E-state index in [-0.39, 0.29) is 13.0 Å². The molecule has 0 radical (unpaired) electrons. The maximum Gasteiger partial charge on any atom is 0.260 e. The van der Waals surface area contributed by atoms with E-state index >= 15 is 0 Å². The molecule has 2 aromatic rings. The Bertz CT molecular complexity index is 627. The van der Waals surface area contributed by atoms with Crippen molar-refractivity contribution in [1.29, 1.82) is 0 Å². The van der Waals surface area contributed by atoms with Gasteiger partial charge >= 0.3 is 0 Å². The van der Waals surface area contributed by atoms with Gasteiger partial charge in [0.2, 0.25) is 0 Å². The molecule has 106 valence electrons. The SMILES string of the molecule is FC1(F)CCCN(Cc2ccc3c(Br)cccc3c2)C1. The number of rotatable bonds is 2. The molecule has 0 spiro atoms. The molecular weight excluding hydrogens is 324 g/mol. The fraction of sp³-hybridized carbons (Fsp3) is 0.375. The fourth-order valence-corrected chi connectivity index (χ4v) is 3.35. The number of alkyl halides is 2. The summed E-state index contributed by atoms with van der Waals surface area (Å²) >= 11 is 3.53. The van der Waals surface area contributed by atoms with E-state index in [2.05, 4.69) is 34.1 Å². The average Bonchev–Trinajstić information content (AvgIpc) is 2.37. The smallest absolute Gasteiger partial charge is 0.260 e. The molecular formula is C16H16BrF2N. The van der Waals surface area contributed by atoms with E-state index in [0.29, 0.717) is 13.0 Å². The summed E-state index contributed by atoms with van der Waals surface area (Å²) in [7, 11) is 0. The van der Waals surface area contributed by atoms with Crippen molar-refractivity contribution in [3.05, 3.63) is 46.4 Å². The van der Waals surface area contributed by atoms with Crippen LogP contribution < -0.4 is 0 Å². The lowest BCUT2D eigenvalue weighted by molar-refractivity contribution is -0.0660. The molecule has 4 heteroatoms. The van der Waals surface area contributed by atoms with E-state index in [1.807, 2.05) is 23.1 Å². The van der Waals surface area contributed by atoms with Gasteiger partial charge in [-0.05, 0) is 41.4 Å². The van der Waals surface area contributed by atoms with Crippen LogP contribution in [0.15, 0.2) is 40.9 Å².